The third kappa shape index (κ3) is 8.42. The molecule has 0 fully saturated rings. The predicted molar refractivity (Wildman–Crippen MR) is 108 cm³/mol. The highest BCUT2D eigenvalue weighted by atomic mass is 16.5. The Hall–Kier alpha value is -2.24. The van der Waals surface area contributed by atoms with Crippen molar-refractivity contribution in [3.63, 3.8) is 0 Å². The van der Waals surface area contributed by atoms with Crippen LogP contribution in [0.3, 0.4) is 0 Å². The van der Waals surface area contributed by atoms with Crippen LogP contribution in [0.4, 0.5) is 11.4 Å². The van der Waals surface area contributed by atoms with Crippen LogP contribution in [0.25, 0.3) is 0 Å². The van der Waals surface area contributed by atoms with Gasteiger partial charge in [-0.05, 0) is 44.0 Å². The molecule has 2 aromatic rings. The Balaban J connectivity index is 0.000000705. The van der Waals surface area contributed by atoms with Gasteiger partial charge in [-0.15, -0.1) is 0 Å². The van der Waals surface area contributed by atoms with Gasteiger partial charge in [-0.1, -0.05) is 37.3 Å². The fourth-order valence-corrected chi connectivity index (χ4v) is 2.29. The van der Waals surface area contributed by atoms with Crippen molar-refractivity contribution < 1.29 is 4.74 Å². The normalized spacial score (nSPS) is 10.0. The largest absolute Gasteiger partial charge is 0.492 e. The molecule has 0 saturated heterocycles. The SMILES string of the molecule is CC(N)N.CCOc1ccccc1NCCNc1ccccc1CC. The zero-order chi connectivity index (χ0) is 18.5. The molecule has 0 radical (unpaired) electrons. The molecule has 2 aromatic carbocycles. The van der Waals surface area contributed by atoms with Crippen LogP contribution in [0.2, 0.25) is 0 Å². The van der Waals surface area contributed by atoms with Crippen LogP contribution >= 0.6 is 0 Å². The fraction of sp³-hybridized carbons (Fsp3) is 0.400. The molecular formula is C20H32N4O. The summed E-state index contributed by atoms with van der Waals surface area (Å²) in [5.74, 6) is 0.911. The summed E-state index contributed by atoms with van der Waals surface area (Å²) in [6.07, 6.45) is 0.879. The van der Waals surface area contributed by atoms with Gasteiger partial charge in [-0.3, -0.25) is 0 Å². The number of benzene rings is 2. The van der Waals surface area contributed by atoms with Crippen molar-refractivity contribution in [1.29, 1.82) is 0 Å². The number of hydrogen-bond donors (Lipinski definition) is 4. The molecule has 0 unspecified atom stereocenters. The first-order chi connectivity index (χ1) is 12.1. The van der Waals surface area contributed by atoms with Crippen LogP contribution < -0.4 is 26.8 Å². The molecule has 0 heterocycles. The summed E-state index contributed by atoms with van der Waals surface area (Å²) in [7, 11) is 0. The van der Waals surface area contributed by atoms with Gasteiger partial charge in [0, 0.05) is 24.9 Å². The lowest BCUT2D eigenvalue weighted by Gasteiger charge is -2.14. The average molecular weight is 345 g/mol. The van der Waals surface area contributed by atoms with Crippen molar-refractivity contribution in [3.8, 4) is 5.75 Å². The summed E-state index contributed by atoms with van der Waals surface area (Å²) in [5, 5.41) is 6.90. The van der Waals surface area contributed by atoms with Crippen molar-refractivity contribution in [2.75, 3.05) is 30.3 Å². The highest BCUT2D eigenvalue weighted by Gasteiger charge is 2.02. The molecule has 0 aliphatic carbocycles. The second kappa shape index (κ2) is 12.2. The van der Waals surface area contributed by atoms with E-state index in [1.807, 2.05) is 31.2 Å². The minimum atomic E-state index is -0.167. The van der Waals surface area contributed by atoms with Crippen LogP contribution in [0.1, 0.15) is 26.3 Å². The quantitative estimate of drug-likeness (QED) is 0.435. The molecule has 0 saturated carbocycles. The summed E-state index contributed by atoms with van der Waals surface area (Å²) >= 11 is 0. The van der Waals surface area contributed by atoms with Gasteiger partial charge in [0.15, 0.2) is 0 Å². The molecule has 6 N–H and O–H groups in total. The minimum absolute atomic E-state index is 0.167. The highest BCUT2D eigenvalue weighted by molar-refractivity contribution is 5.56. The molecule has 5 heteroatoms. The number of aryl methyl sites for hydroxylation is 1. The van der Waals surface area contributed by atoms with Gasteiger partial charge < -0.3 is 26.8 Å². The molecule has 0 atom stereocenters. The van der Waals surface area contributed by atoms with E-state index >= 15 is 0 Å². The third-order valence-electron chi connectivity index (χ3n) is 3.34. The topological polar surface area (TPSA) is 85.3 Å². The molecule has 0 spiro atoms. The zero-order valence-electron chi connectivity index (χ0n) is 15.6. The van der Waals surface area contributed by atoms with Crippen LogP contribution in [-0.4, -0.2) is 25.9 Å². The van der Waals surface area contributed by atoms with Crippen molar-refractivity contribution in [3.05, 3.63) is 54.1 Å². The molecule has 0 amide bonds. The lowest BCUT2D eigenvalue weighted by Crippen LogP contribution is -2.25. The number of rotatable bonds is 8. The monoisotopic (exact) mass is 344 g/mol. The van der Waals surface area contributed by atoms with Crippen molar-refractivity contribution in [2.24, 2.45) is 11.5 Å². The summed E-state index contributed by atoms with van der Waals surface area (Å²) in [4.78, 5) is 0. The Bertz CT molecular complexity index is 599. The number of nitrogens with one attached hydrogen (secondary N) is 2. The molecule has 2 rings (SSSR count). The first-order valence-electron chi connectivity index (χ1n) is 8.87. The van der Waals surface area contributed by atoms with E-state index in [4.69, 9.17) is 16.2 Å². The van der Waals surface area contributed by atoms with Crippen molar-refractivity contribution in [2.45, 2.75) is 33.4 Å². The van der Waals surface area contributed by atoms with Crippen LogP contribution in [0.15, 0.2) is 48.5 Å². The summed E-state index contributed by atoms with van der Waals surface area (Å²) in [5.41, 5.74) is 13.4. The molecule has 138 valence electrons. The number of nitrogens with two attached hydrogens (primary N) is 2. The van der Waals surface area contributed by atoms with Gasteiger partial charge in [0.2, 0.25) is 0 Å². The standard InChI is InChI=1S/C18H24N2O.C2H8N2/c1-3-15-9-5-6-10-16(15)19-13-14-20-17-11-7-8-12-18(17)21-4-2;1-2(3)4/h5-12,19-20H,3-4,13-14H2,1-2H3;2H,3-4H2,1H3. The maximum atomic E-state index is 5.61. The molecular weight excluding hydrogens is 312 g/mol. The maximum absolute atomic E-state index is 5.61. The minimum Gasteiger partial charge on any atom is -0.492 e. The molecule has 5 nitrogen and oxygen atoms in total. The van der Waals surface area contributed by atoms with E-state index in [2.05, 4.69) is 41.8 Å². The van der Waals surface area contributed by atoms with Crippen LogP contribution in [0, 0.1) is 0 Å². The van der Waals surface area contributed by atoms with E-state index in [1.54, 1.807) is 6.92 Å². The van der Waals surface area contributed by atoms with E-state index in [0.717, 1.165) is 30.9 Å². The van der Waals surface area contributed by atoms with E-state index in [-0.39, 0.29) is 6.17 Å². The van der Waals surface area contributed by atoms with Gasteiger partial charge in [-0.2, -0.15) is 0 Å². The van der Waals surface area contributed by atoms with Crippen LogP contribution in [0.5, 0.6) is 5.75 Å². The van der Waals surface area contributed by atoms with Gasteiger partial charge in [-0.25, -0.2) is 0 Å². The Morgan fingerprint density at radius 3 is 2.00 bits per heavy atom. The Kier molecular flexibility index (Phi) is 10.1. The van der Waals surface area contributed by atoms with E-state index in [9.17, 15) is 0 Å². The van der Waals surface area contributed by atoms with Gasteiger partial charge in [0.25, 0.3) is 0 Å². The highest BCUT2D eigenvalue weighted by Crippen LogP contribution is 2.23. The lowest BCUT2D eigenvalue weighted by atomic mass is 10.1. The Morgan fingerprint density at radius 2 is 1.40 bits per heavy atom. The Morgan fingerprint density at radius 1 is 0.880 bits per heavy atom. The van der Waals surface area contributed by atoms with Gasteiger partial charge in [0.1, 0.15) is 5.75 Å². The number of anilines is 2. The lowest BCUT2D eigenvalue weighted by molar-refractivity contribution is 0.342. The first-order valence-corrected chi connectivity index (χ1v) is 8.87. The van der Waals surface area contributed by atoms with Gasteiger partial charge >= 0.3 is 0 Å². The summed E-state index contributed by atoms with van der Waals surface area (Å²) < 4.78 is 5.61. The van der Waals surface area contributed by atoms with Crippen LogP contribution in [-0.2, 0) is 6.42 Å². The Labute approximate surface area is 151 Å². The molecule has 0 aliphatic rings. The smallest absolute Gasteiger partial charge is 0.142 e. The summed E-state index contributed by atoms with van der Waals surface area (Å²) in [6.45, 7) is 8.30. The van der Waals surface area contributed by atoms with Gasteiger partial charge in [0.05, 0.1) is 12.3 Å². The zero-order valence-corrected chi connectivity index (χ0v) is 15.6. The predicted octanol–water partition coefficient (Wildman–Crippen LogP) is 3.42. The third-order valence-corrected chi connectivity index (χ3v) is 3.34. The van der Waals surface area contributed by atoms with E-state index in [1.165, 1.54) is 11.3 Å². The molecule has 0 aliphatic heterocycles. The van der Waals surface area contributed by atoms with E-state index in [0.29, 0.717) is 6.61 Å². The molecule has 25 heavy (non-hydrogen) atoms. The van der Waals surface area contributed by atoms with Crippen molar-refractivity contribution >= 4 is 11.4 Å². The molecule has 0 bridgehead atoms. The second-order valence-corrected chi connectivity index (χ2v) is 5.65. The number of para-hydroxylation sites is 3. The van der Waals surface area contributed by atoms with Crippen molar-refractivity contribution in [1.82, 2.24) is 0 Å². The first kappa shape index (κ1) is 20.8. The fourth-order valence-electron chi connectivity index (χ4n) is 2.29. The molecule has 0 aromatic heterocycles. The number of ether oxygens (including phenoxy) is 1. The maximum Gasteiger partial charge on any atom is 0.142 e. The average Bonchev–Trinajstić information content (AvgIpc) is 2.60. The summed E-state index contributed by atoms with van der Waals surface area (Å²) in [6, 6.07) is 16.5. The van der Waals surface area contributed by atoms with E-state index < -0.39 is 0 Å². The number of hydrogen-bond acceptors (Lipinski definition) is 5. The second-order valence-electron chi connectivity index (χ2n) is 5.65.